The number of rotatable bonds is 7. The Kier molecular flexibility index (Phi) is 7.73. The van der Waals surface area contributed by atoms with E-state index in [9.17, 15) is 4.39 Å². The first kappa shape index (κ1) is 19.5. The zero-order valence-corrected chi connectivity index (χ0v) is 14.5. The van der Waals surface area contributed by atoms with Gasteiger partial charge in [-0.05, 0) is 81.2 Å². The third-order valence-corrected chi connectivity index (χ3v) is 5.84. The van der Waals surface area contributed by atoms with Crippen LogP contribution in [-0.4, -0.2) is 25.8 Å². The largest absolute Gasteiger partial charge is 0.330 e. The molecule has 3 unspecified atom stereocenters. The smallest absolute Gasteiger partial charge is 0.106 e. The lowest BCUT2D eigenvalue weighted by Crippen LogP contribution is -2.55. The van der Waals surface area contributed by atoms with E-state index in [0.29, 0.717) is 17.3 Å². The minimum Gasteiger partial charge on any atom is -0.330 e. The van der Waals surface area contributed by atoms with Crippen molar-refractivity contribution in [3.63, 3.8) is 0 Å². The summed E-state index contributed by atoms with van der Waals surface area (Å²) in [5.41, 5.74) is 5.95. The lowest BCUT2D eigenvalue weighted by Gasteiger charge is -2.58. The van der Waals surface area contributed by atoms with Gasteiger partial charge in [0.15, 0.2) is 0 Å². The fourth-order valence-electron chi connectivity index (χ4n) is 5.27. The van der Waals surface area contributed by atoms with Crippen LogP contribution in [0.1, 0.15) is 51.4 Å². The first-order valence-electron chi connectivity index (χ1n) is 8.27. The molecule has 0 spiro atoms. The maximum absolute atomic E-state index is 14.2. The van der Waals surface area contributed by atoms with Crippen molar-refractivity contribution >= 4 is 24.8 Å². The van der Waals surface area contributed by atoms with Gasteiger partial charge in [-0.15, -0.1) is 24.8 Å². The van der Waals surface area contributed by atoms with Gasteiger partial charge in [0.05, 0.1) is 0 Å². The summed E-state index contributed by atoms with van der Waals surface area (Å²) in [6.45, 7) is 3.06. The Labute approximate surface area is 141 Å². The second-order valence-electron chi connectivity index (χ2n) is 7.44. The normalized spacial score (nSPS) is 39.7. The summed E-state index contributed by atoms with van der Waals surface area (Å²) in [7, 11) is 0. The molecule has 4 rings (SSSR count). The lowest BCUT2D eigenvalue weighted by atomic mass is 9.49. The van der Waals surface area contributed by atoms with Gasteiger partial charge in [-0.2, -0.15) is 0 Å². The number of unbranched alkanes of at least 4 members (excludes halogenated alkanes) is 2. The molecule has 21 heavy (non-hydrogen) atoms. The SMILES string of the molecule is Cl.Cl.NCCCCCNCC12CC3C[C@H](C1)C(F)[C@@H](C3)C2. The molecule has 0 aromatic carbocycles. The van der Waals surface area contributed by atoms with Crippen LogP contribution in [0, 0.1) is 23.2 Å². The number of hydrogen-bond donors (Lipinski definition) is 2. The van der Waals surface area contributed by atoms with Gasteiger partial charge in [0.25, 0.3) is 0 Å². The van der Waals surface area contributed by atoms with Gasteiger partial charge >= 0.3 is 0 Å². The molecular formula is C16H31Cl2FN2. The summed E-state index contributed by atoms with van der Waals surface area (Å²) < 4.78 is 14.2. The van der Waals surface area contributed by atoms with Crippen molar-refractivity contribution in [2.45, 2.75) is 57.5 Å². The molecule has 126 valence electrons. The number of nitrogens with one attached hydrogen (secondary N) is 1. The van der Waals surface area contributed by atoms with Gasteiger partial charge in [0.2, 0.25) is 0 Å². The first-order chi connectivity index (χ1) is 9.22. The minimum absolute atomic E-state index is 0. The van der Waals surface area contributed by atoms with E-state index in [0.717, 1.165) is 44.8 Å². The van der Waals surface area contributed by atoms with Crippen LogP contribution in [0.4, 0.5) is 4.39 Å². The predicted molar refractivity (Wildman–Crippen MR) is 91.2 cm³/mol. The van der Waals surface area contributed by atoms with Crippen molar-refractivity contribution in [2.75, 3.05) is 19.6 Å². The van der Waals surface area contributed by atoms with E-state index in [1.54, 1.807) is 0 Å². The van der Waals surface area contributed by atoms with Crippen molar-refractivity contribution in [1.29, 1.82) is 0 Å². The Bertz CT molecular complexity index is 301. The molecule has 4 aliphatic rings. The summed E-state index contributed by atoms with van der Waals surface area (Å²) >= 11 is 0. The fraction of sp³-hybridized carbons (Fsp3) is 1.00. The molecule has 4 aliphatic carbocycles. The number of alkyl halides is 1. The average Bonchev–Trinajstić information content (AvgIpc) is 2.39. The van der Waals surface area contributed by atoms with Crippen LogP contribution >= 0.6 is 24.8 Å². The van der Waals surface area contributed by atoms with Crippen molar-refractivity contribution in [3.8, 4) is 0 Å². The third kappa shape index (κ3) is 4.25. The van der Waals surface area contributed by atoms with Crippen molar-refractivity contribution in [1.82, 2.24) is 5.32 Å². The van der Waals surface area contributed by atoms with Crippen LogP contribution < -0.4 is 11.1 Å². The molecule has 0 heterocycles. The Morgan fingerprint density at radius 1 is 1.00 bits per heavy atom. The van der Waals surface area contributed by atoms with Gasteiger partial charge in [0, 0.05) is 6.54 Å². The Hall–Kier alpha value is 0.430. The van der Waals surface area contributed by atoms with Crippen LogP contribution in [0.2, 0.25) is 0 Å². The highest BCUT2D eigenvalue weighted by Crippen LogP contribution is 2.60. The molecule has 0 aliphatic heterocycles. The fourth-order valence-corrected chi connectivity index (χ4v) is 5.27. The van der Waals surface area contributed by atoms with E-state index in [1.165, 1.54) is 32.1 Å². The topological polar surface area (TPSA) is 38.0 Å². The first-order valence-corrected chi connectivity index (χ1v) is 8.27. The molecule has 4 bridgehead atoms. The molecule has 3 N–H and O–H groups in total. The van der Waals surface area contributed by atoms with E-state index in [4.69, 9.17) is 5.73 Å². The Morgan fingerprint density at radius 2 is 1.67 bits per heavy atom. The molecule has 0 saturated heterocycles. The Balaban J connectivity index is 0.00000110. The van der Waals surface area contributed by atoms with Gasteiger partial charge < -0.3 is 11.1 Å². The molecule has 0 amide bonds. The second kappa shape index (κ2) is 8.33. The van der Waals surface area contributed by atoms with Gasteiger partial charge in [-0.1, -0.05) is 6.42 Å². The minimum atomic E-state index is -0.478. The summed E-state index contributed by atoms with van der Waals surface area (Å²) in [5.74, 6) is 1.62. The highest BCUT2D eigenvalue weighted by molar-refractivity contribution is 5.85. The maximum atomic E-state index is 14.2. The lowest BCUT2D eigenvalue weighted by molar-refractivity contribution is -0.103. The van der Waals surface area contributed by atoms with Gasteiger partial charge in [0.1, 0.15) is 6.17 Å². The molecular weight excluding hydrogens is 310 g/mol. The number of nitrogens with two attached hydrogens (primary N) is 1. The highest BCUT2D eigenvalue weighted by atomic mass is 35.5. The van der Waals surface area contributed by atoms with Crippen LogP contribution in [0.3, 0.4) is 0 Å². The Morgan fingerprint density at radius 3 is 2.29 bits per heavy atom. The molecule has 0 aromatic rings. The summed E-state index contributed by atoms with van der Waals surface area (Å²) in [4.78, 5) is 0. The van der Waals surface area contributed by atoms with Crippen LogP contribution in [0.5, 0.6) is 0 Å². The van der Waals surface area contributed by atoms with Crippen LogP contribution in [-0.2, 0) is 0 Å². The zero-order chi connectivity index (χ0) is 13.3. The second-order valence-corrected chi connectivity index (χ2v) is 7.44. The maximum Gasteiger partial charge on any atom is 0.106 e. The van der Waals surface area contributed by atoms with Crippen LogP contribution in [0.25, 0.3) is 0 Å². The van der Waals surface area contributed by atoms with Crippen molar-refractivity contribution in [3.05, 3.63) is 0 Å². The third-order valence-electron chi connectivity index (χ3n) is 5.84. The molecule has 4 saturated carbocycles. The summed E-state index contributed by atoms with van der Waals surface area (Å²) in [6, 6.07) is 0. The molecule has 0 aromatic heterocycles. The standard InChI is InChI=1S/C16H29FN2.2ClH/c17-15-13-6-12-7-14(15)10-16(8-12,9-13)11-19-5-3-1-2-4-18;;/h12-15,19H,1-11,18H2;2*1H/t12?,13-,14+,15?,16?;;. The van der Waals surface area contributed by atoms with Crippen molar-refractivity contribution in [2.24, 2.45) is 28.9 Å². The van der Waals surface area contributed by atoms with Crippen molar-refractivity contribution < 1.29 is 4.39 Å². The van der Waals surface area contributed by atoms with Crippen LogP contribution in [0.15, 0.2) is 0 Å². The van der Waals surface area contributed by atoms with Gasteiger partial charge in [-0.25, -0.2) is 4.39 Å². The van der Waals surface area contributed by atoms with E-state index in [-0.39, 0.29) is 24.8 Å². The molecule has 2 nitrogen and oxygen atoms in total. The molecule has 5 heteroatoms. The predicted octanol–water partition coefficient (Wildman–Crippen LogP) is 3.71. The van der Waals surface area contributed by atoms with E-state index < -0.39 is 6.17 Å². The van der Waals surface area contributed by atoms with Gasteiger partial charge in [-0.3, -0.25) is 0 Å². The highest BCUT2D eigenvalue weighted by Gasteiger charge is 2.55. The molecule has 5 atom stereocenters. The van der Waals surface area contributed by atoms with E-state index in [1.807, 2.05) is 0 Å². The summed E-state index contributed by atoms with van der Waals surface area (Å²) in [5, 5.41) is 3.65. The average molecular weight is 341 g/mol. The van der Waals surface area contributed by atoms with E-state index in [2.05, 4.69) is 5.32 Å². The zero-order valence-electron chi connectivity index (χ0n) is 12.9. The molecule has 0 radical (unpaired) electrons. The summed E-state index contributed by atoms with van der Waals surface area (Å²) in [6.07, 6.45) is 9.14. The monoisotopic (exact) mass is 340 g/mol. The quantitative estimate of drug-likeness (QED) is 0.693. The number of hydrogen-bond acceptors (Lipinski definition) is 2. The number of halogens is 3. The van der Waals surface area contributed by atoms with E-state index >= 15 is 0 Å². The molecule has 4 fully saturated rings.